The van der Waals surface area contributed by atoms with E-state index in [2.05, 4.69) is 6.08 Å². The number of aliphatic hydroxyl groups is 1. The highest BCUT2D eigenvalue weighted by Gasteiger charge is 2.42. The van der Waals surface area contributed by atoms with Crippen LogP contribution in [0, 0.1) is 11.8 Å². The van der Waals surface area contributed by atoms with Crippen molar-refractivity contribution in [1.82, 2.24) is 0 Å². The molecular formula is C15H24O. The number of allylic oxidation sites excluding steroid dienone is 1. The Morgan fingerprint density at radius 1 is 1.06 bits per heavy atom. The zero-order valence-corrected chi connectivity index (χ0v) is 10.3. The van der Waals surface area contributed by atoms with Crippen LogP contribution in [0.1, 0.15) is 64.2 Å². The number of hydrogen-bond donors (Lipinski definition) is 1. The van der Waals surface area contributed by atoms with Gasteiger partial charge in [-0.3, -0.25) is 0 Å². The Kier molecular flexibility index (Phi) is 2.83. The van der Waals surface area contributed by atoms with Gasteiger partial charge in [-0.1, -0.05) is 6.08 Å². The van der Waals surface area contributed by atoms with Crippen molar-refractivity contribution in [2.75, 3.05) is 0 Å². The fourth-order valence-corrected chi connectivity index (χ4v) is 3.82. The molecule has 0 saturated heterocycles. The summed E-state index contributed by atoms with van der Waals surface area (Å²) >= 11 is 0. The molecule has 0 aromatic heterocycles. The lowest BCUT2D eigenvalue weighted by atomic mass is 9.70. The van der Waals surface area contributed by atoms with Crippen LogP contribution in [0.4, 0.5) is 0 Å². The van der Waals surface area contributed by atoms with Crippen molar-refractivity contribution in [3.05, 3.63) is 11.6 Å². The van der Waals surface area contributed by atoms with E-state index in [0.29, 0.717) is 0 Å². The van der Waals surface area contributed by atoms with E-state index in [-0.39, 0.29) is 0 Å². The molecule has 0 radical (unpaired) electrons. The molecule has 0 aromatic carbocycles. The summed E-state index contributed by atoms with van der Waals surface area (Å²) in [7, 11) is 0. The predicted octanol–water partition coefficient (Wildman–Crippen LogP) is 3.82. The van der Waals surface area contributed by atoms with Gasteiger partial charge in [-0.25, -0.2) is 0 Å². The van der Waals surface area contributed by atoms with E-state index in [4.69, 9.17) is 0 Å². The van der Waals surface area contributed by atoms with Crippen LogP contribution in [0.3, 0.4) is 0 Å². The predicted molar refractivity (Wildman–Crippen MR) is 66.2 cm³/mol. The minimum Gasteiger partial charge on any atom is -0.386 e. The molecule has 1 heteroatoms. The van der Waals surface area contributed by atoms with E-state index in [1.165, 1.54) is 50.5 Å². The van der Waals surface area contributed by atoms with Gasteiger partial charge in [-0.05, 0) is 81.6 Å². The van der Waals surface area contributed by atoms with Crippen molar-refractivity contribution in [3.8, 4) is 0 Å². The summed E-state index contributed by atoms with van der Waals surface area (Å²) in [5.74, 6) is 1.80. The first-order valence-corrected chi connectivity index (χ1v) is 7.20. The Balaban J connectivity index is 1.72. The van der Waals surface area contributed by atoms with Crippen molar-refractivity contribution in [1.29, 1.82) is 0 Å². The molecule has 0 amide bonds. The average Bonchev–Trinajstić information content (AvgIpc) is 3.14. The molecule has 0 heterocycles. The summed E-state index contributed by atoms with van der Waals surface area (Å²) in [6, 6.07) is 0. The molecule has 90 valence electrons. The molecular weight excluding hydrogens is 196 g/mol. The van der Waals surface area contributed by atoms with Gasteiger partial charge in [0, 0.05) is 0 Å². The molecule has 2 unspecified atom stereocenters. The third kappa shape index (κ3) is 2.07. The molecule has 2 saturated carbocycles. The Labute approximate surface area is 98.9 Å². The lowest BCUT2D eigenvalue weighted by Crippen LogP contribution is -2.38. The van der Waals surface area contributed by atoms with E-state index in [9.17, 15) is 5.11 Å². The summed E-state index contributed by atoms with van der Waals surface area (Å²) in [6.07, 6.45) is 14.9. The summed E-state index contributed by atoms with van der Waals surface area (Å²) in [5, 5.41) is 10.9. The van der Waals surface area contributed by atoms with Crippen LogP contribution in [0.5, 0.6) is 0 Å². The molecule has 3 rings (SSSR count). The van der Waals surface area contributed by atoms with Crippen LogP contribution in [-0.2, 0) is 0 Å². The van der Waals surface area contributed by atoms with Crippen molar-refractivity contribution in [2.24, 2.45) is 11.8 Å². The van der Waals surface area contributed by atoms with Crippen LogP contribution in [-0.4, -0.2) is 10.7 Å². The average molecular weight is 220 g/mol. The summed E-state index contributed by atoms with van der Waals surface area (Å²) in [6.45, 7) is 0. The first-order chi connectivity index (χ1) is 7.78. The van der Waals surface area contributed by atoms with Crippen LogP contribution < -0.4 is 0 Å². The quantitative estimate of drug-likeness (QED) is 0.701. The molecule has 3 aliphatic rings. The second-order valence-corrected chi connectivity index (χ2v) is 6.20. The van der Waals surface area contributed by atoms with Gasteiger partial charge >= 0.3 is 0 Å². The van der Waals surface area contributed by atoms with Gasteiger partial charge in [-0.15, -0.1) is 0 Å². The van der Waals surface area contributed by atoms with Crippen molar-refractivity contribution in [3.63, 3.8) is 0 Å². The second kappa shape index (κ2) is 4.18. The van der Waals surface area contributed by atoms with E-state index >= 15 is 0 Å². The molecule has 3 aliphatic carbocycles. The largest absolute Gasteiger partial charge is 0.386 e. The smallest absolute Gasteiger partial charge is 0.0859 e. The first kappa shape index (κ1) is 10.8. The van der Waals surface area contributed by atoms with Crippen LogP contribution in [0.2, 0.25) is 0 Å². The molecule has 1 nitrogen and oxygen atoms in total. The zero-order chi connectivity index (χ0) is 11.0. The summed E-state index contributed by atoms with van der Waals surface area (Å²) in [4.78, 5) is 0. The third-order valence-electron chi connectivity index (χ3n) is 4.94. The summed E-state index contributed by atoms with van der Waals surface area (Å²) < 4.78 is 0. The van der Waals surface area contributed by atoms with E-state index in [0.717, 1.165) is 31.1 Å². The fourth-order valence-electron chi connectivity index (χ4n) is 3.82. The standard InChI is InChI=1S/C15H24O/c16-15(14-6-2-1-3-7-14)10-4-5-13(11-15)12-8-9-12/h6,12-13,16H,1-5,7-11H2. The summed E-state index contributed by atoms with van der Waals surface area (Å²) in [5.41, 5.74) is 0.996. The molecule has 16 heavy (non-hydrogen) atoms. The Hall–Kier alpha value is -0.300. The second-order valence-electron chi connectivity index (χ2n) is 6.20. The molecule has 0 aliphatic heterocycles. The Morgan fingerprint density at radius 2 is 1.94 bits per heavy atom. The van der Waals surface area contributed by atoms with Gasteiger partial charge < -0.3 is 5.11 Å². The van der Waals surface area contributed by atoms with E-state index < -0.39 is 5.60 Å². The number of rotatable bonds is 2. The third-order valence-corrected chi connectivity index (χ3v) is 4.94. The lowest BCUT2D eigenvalue weighted by molar-refractivity contribution is 0.00854. The van der Waals surface area contributed by atoms with E-state index in [1.807, 2.05) is 0 Å². The molecule has 0 aromatic rings. The molecule has 0 bridgehead atoms. The topological polar surface area (TPSA) is 20.2 Å². The van der Waals surface area contributed by atoms with Gasteiger partial charge in [-0.2, -0.15) is 0 Å². The van der Waals surface area contributed by atoms with Crippen molar-refractivity contribution < 1.29 is 5.11 Å². The highest BCUT2D eigenvalue weighted by Crippen LogP contribution is 2.49. The molecule has 1 N–H and O–H groups in total. The molecule has 0 spiro atoms. The van der Waals surface area contributed by atoms with Gasteiger partial charge in [0.2, 0.25) is 0 Å². The number of hydrogen-bond acceptors (Lipinski definition) is 1. The highest BCUT2D eigenvalue weighted by molar-refractivity contribution is 5.20. The molecule has 2 fully saturated rings. The van der Waals surface area contributed by atoms with Gasteiger partial charge in [0.05, 0.1) is 5.60 Å². The maximum absolute atomic E-state index is 10.9. The van der Waals surface area contributed by atoms with Crippen LogP contribution in [0.25, 0.3) is 0 Å². The monoisotopic (exact) mass is 220 g/mol. The van der Waals surface area contributed by atoms with Gasteiger partial charge in [0.1, 0.15) is 0 Å². The fraction of sp³-hybridized carbons (Fsp3) is 0.867. The maximum Gasteiger partial charge on any atom is 0.0859 e. The zero-order valence-electron chi connectivity index (χ0n) is 10.3. The van der Waals surface area contributed by atoms with Gasteiger partial charge in [0.15, 0.2) is 0 Å². The van der Waals surface area contributed by atoms with Crippen LogP contribution in [0.15, 0.2) is 11.6 Å². The minimum atomic E-state index is -0.397. The Bertz CT molecular complexity index is 290. The first-order valence-electron chi connectivity index (χ1n) is 7.20. The SMILES string of the molecule is OC1(C2=CCCCC2)CCCC(C2CC2)C1. The van der Waals surface area contributed by atoms with Crippen LogP contribution >= 0.6 is 0 Å². The Morgan fingerprint density at radius 3 is 2.62 bits per heavy atom. The normalized spacial score (nSPS) is 40.6. The van der Waals surface area contributed by atoms with E-state index in [1.54, 1.807) is 0 Å². The lowest BCUT2D eigenvalue weighted by Gasteiger charge is -2.40. The molecule has 2 atom stereocenters. The minimum absolute atomic E-state index is 0.397. The maximum atomic E-state index is 10.9. The van der Waals surface area contributed by atoms with Crippen molar-refractivity contribution in [2.45, 2.75) is 69.8 Å². The highest BCUT2D eigenvalue weighted by atomic mass is 16.3. The van der Waals surface area contributed by atoms with Crippen molar-refractivity contribution >= 4 is 0 Å². The van der Waals surface area contributed by atoms with Gasteiger partial charge in [0.25, 0.3) is 0 Å².